The van der Waals surface area contributed by atoms with Gasteiger partial charge in [0.05, 0.1) is 17.6 Å². The van der Waals surface area contributed by atoms with Crippen LogP contribution in [-0.4, -0.2) is 38.4 Å². The molecule has 1 fully saturated rings. The lowest BCUT2D eigenvalue weighted by molar-refractivity contribution is 0.0166. The molecule has 118 valence electrons. The molecule has 0 saturated carbocycles. The smallest absolute Gasteiger partial charge is 0.261 e. The van der Waals surface area contributed by atoms with E-state index >= 15 is 0 Å². The molecule has 0 radical (unpaired) electrons. The van der Waals surface area contributed by atoms with Crippen LogP contribution in [0.25, 0.3) is 0 Å². The summed E-state index contributed by atoms with van der Waals surface area (Å²) in [5.41, 5.74) is 1.22. The van der Waals surface area contributed by atoms with E-state index in [2.05, 4.69) is 19.2 Å². The minimum absolute atomic E-state index is 0.0296. The predicted molar refractivity (Wildman–Crippen MR) is 85.2 cm³/mol. The third-order valence-corrected chi connectivity index (χ3v) is 5.02. The molecular formula is C16H25NO3S. The van der Waals surface area contributed by atoms with E-state index in [9.17, 15) is 4.79 Å². The first kappa shape index (κ1) is 16.5. The largest absolute Gasteiger partial charge is 0.379 e. The minimum Gasteiger partial charge on any atom is -0.379 e. The van der Waals surface area contributed by atoms with Crippen LogP contribution >= 0.6 is 11.3 Å². The highest BCUT2D eigenvalue weighted by atomic mass is 32.1. The van der Waals surface area contributed by atoms with Crippen LogP contribution in [0.3, 0.4) is 0 Å². The predicted octanol–water partition coefficient (Wildman–Crippen LogP) is 2.93. The lowest BCUT2D eigenvalue weighted by Crippen LogP contribution is -2.25. The standard InChI is InChI=1S/C16H25NO3S/c1-3-14-12(2)10-15(21-14)16(18)17-7-5-8-19-11-13-6-4-9-20-13/h10,13H,3-9,11H2,1-2H3,(H,17,18). The van der Waals surface area contributed by atoms with Crippen LogP contribution in [0.5, 0.6) is 0 Å². The molecule has 0 bridgehead atoms. The molecule has 1 aliphatic heterocycles. The second-order valence-electron chi connectivity index (χ2n) is 5.39. The van der Waals surface area contributed by atoms with E-state index < -0.39 is 0 Å². The number of thiophene rings is 1. The summed E-state index contributed by atoms with van der Waals surface area (Å²) in [5, 5.41) is 2.95. The monoisotopic (exact) mass is 311 g/mol. The number of hydrogen-bond donors (Lipinski definition) is 1. The fraction of sp³-hybridized carbons (Fsp3) is 0.688. The van der Waals surface area contributed by atoms with Gasteiger partial charge in [-0.3, -0.25) is 4.79 Å². The second-order valence-corrected chi connectivity index (χ2v) is 6.53. The first-order valence-electron chi connectivity index (χ1n) is 7.77. The molecule has 1 aromatic heterocycles. The van der Waals surface area contributed by atoms with Crippen LogP contribution < -0.4 is 5.32 Å². The molecule has 5 heteroatoms. The highest BCUT2D eigenvalue weighted by molar-refractivity contribution is 7.14. The fourth-order valence-corrected chi connectivity index (χ4v) is 3.47. The zero-order chi connectivity index (χ0) is 15.1. The number of hydrogen-bond acceptors (Lipinski definition) is 4. The molecule has 2 heterocycles. The van der Waals surface area contributed by atoms with Crippen molar-refractivity contribution in [2.45, 2.75) is 45.6 Å². The Kier molecular flexibility index (Phi) is 6.67. The average Bonchev–Trinajstić information content (AvgIpc) is 3.11. The van der Waals surface area contributed by atoms with Gasteiger partial charge in [-0.25, -0.2) is 0 Å². The molecular weight excluding hydrogens is 286 g/mol. The summed E-state index contributed by atoms with van der Waals surface area (Å²) in [7, 11) is 0. The molecule has 1 N–H and O–H groups in total. The Hall–Kier alpha value is -0.910. The van der Waals surface area contributed by atoms with Crippen molar-refractivity contribution in [1.29, 1.82) is 0 Å². The van der Waals surface area contributed by atoms with Crippen molar-refractivity contribution >= 4 is 17.2 Å². The van der Waals surface area contributed by atoms with E-state index in [0.717, 1.165) is 37.2 Å². The Balaban J connectivity index is 1.58. The van der Waals surface area contributed by atoms with E-state index in [1.165, 1.54) is 10.4 Å². The van der Waals surface area contributed by atoms with Crippen LogP contribution in [-0.2, 0) is 15.9 Å². The molecule has 0 aromatic carbocycles. The molecule has 21 heavy (non-hydrogen) atoms. The maximum Gasteiger partial charge on any atom is 0.261 e. The second kappa shape index (κ2) is 8.51. The molecule has 1 aliphatic rings. The van der Waals surface area contributed by atoms with Crippen molar-refractivity contribution in [3.8, 4) is 0 Å². The number of aryl methyl sites for hydroxylation is 2. The van der Waals surface area contributed by atoms with Crippen molar-refractivity contribution in [2.75, 3.05) is 26.4 Å². The molecule has 1 unspecified atom stereocenters. The Morgan fingerprint density at radius 2 is 2.43 bits per heavy atom. The average molecular weight is 311 g/mol. The van der Waals surface area contributed by atoms with E-state index in [1.807, 2.05) is 6.07 Å². The maximum atomic E-state index is 12.0. The van der Waals surface area contributed by atoms with Crippen molar-refractivity contribution in [3.05, 3.63) is 21.4 Å². The summed E-state index contributed by atoms with van der Waals surface area (Å²) in [6, 6.07) is 1.98. The van der Waals surface area contributed by atoms with Gasteiger partial charge in [-0.1, -0.05) is 6.92 Å². The van der Waals surface area contributed by atoms with Gasteiger partial charge in [-0.05, 0) is 44.2 Å². The van der Waals surface area contributed by atoms with Crippen molar-refractivity contribution in [1.82, 2.24) is 5.32 Å². The van der Waals surface area contributed by atoms with Gasteiger partial charge in [-0.15, -0.1) is 11.3 Å². The first-order chi connectivity index (χ1) is 10.2. The highest BCUT2D eigenvalue weighted by Crippen LogP contribution is 2.22. The number of amides is 1. The van der Waals surface area contributed by atoms with E-state index in [0.29, 0.717) is 19.8 Å². The van der Waals surface area contributed by atoms with Gasteiger partial charge in [0.1, 0.15) is 0 Å². The van der Waals surface area contributed by atoms with E-state index in [-0.39, 0.29) is 12.0 Å². The number of ether oxygens (including phenoxy) is 2. The van der Waals surface area contributed by atoms with Crippen LogP contribution in [0.2, 0.25) is 0 Å². The molecule has 1 aromatic rings. The van der Waals surface area contributed by atoms with Crippen LogP contribution in [0.15, 0.2) is 6.07 Å². The van der Waals surface area contributed by atoms with Gasteiger partial charge in [0.25, 0.3) is 5.91 Å². The maximum absolute atomic E-state index is 12.0. The van der Waals surface area contributed by atoms with Crippen LogP contribution in [0.1, 0.15) is 46.3 Å². The molecule has 0 spiro atoms. The Morgan fingerprint density at radius 1 is 1.57 bits per heavy atom. The zero-order valence-corrected chi connectivity index (χ0v) is 13.8. The van der Waals surface area contributed by atoms with Crippen LogP contribution in [0, 0.1) is 6.92 Å². The quantitative estimate of drug-likeness (QED) is 0.751. The SMILES string of the molecule is CCc1sc(C(=O)NCCCOCC2CCCO2)cc1C. The van der Waals surface area contributed by atoms with Crippen molar-refractivity contribution in [3.63, 3.8) is 0 Å². The van der Waals surface area contributed by atoms with Crippen LogP contribution in [0.4, 0.5) is 0 Å². The minimum atomic E-state index is 0.0296. The molecule has 1 saturated heterocycles. The molecule has 1 amide bonds. The third kappa shape index (κ3) is 5.09. The summed E-state index contributed by atoms with van der Waals surface area (Å²) in [4.78, 5) is 14.1. The lowest BCUT2D eigenvalue weighted by Gasteiger charge is -2.10. The number of rotatable bonds is 8. The summed E-state index contributed by atoms with van der Waals surface area (Å²) in [6.07, 6.45) is 4.35. The van der Waals surface area contributed by atoms with Gasteiger partial charge in [0.15, 0.2) is 0 Å². The zero-order valence-electron chi connectivity index (χ0n) is 12.9. The Labute approximate surface area is 130 Å². The molecule has 0 aliphatic carbocycles. The normalized spacial score (nSPS) is 18.1. The Morgan fingerprint density at radius 3 is 3.10 bits per heavy atom. The molecule has 1 atom stereocenters. The molecule has 2 rings (SSSR count). The summed E-state index contributed by atoms with van der Waals surface area (Å²) in [6.45, 7) is 7.05. The van der Waals surface area contributed by atoms with Gasteiger partial charge in [-0.2, -0.15) is 0 Å². The number of nitrogens with one attached hydrogen (secondary N) is 1. The fourth-order valence-electron chi connectivity index (χ4n) is 2.44. The Bertz CT molecular complexity index is 452. The van der Waals surface area contributed by atoms with Gasteiger partial charge < -0.3 is 14.8 Å². The highest BCUT2D eigenvalue weighted by Gasteiger charge is 2.15. The third-order valence-electron chi connectivity index (χ3n) is 3.64. The number of carbonyl (C=O) groups excluding carboxylic acids is 1. The molecule has 4 nitrogen and oxygen atoms in total. The van der Waals surface area contributed by atoms with Crippen molar-refractivity contribution in [2.24, 2.45) is 0 Å². The number of carbonyl (C=O) groups is 1. The van der Waals surface area contributed by atoms with Gasteiger partial charge in [0, 0.05) is 24.6 Å². The van der Waals surface area contributed by atoms with E-state index in [1.54, 1.807) is 11.3 Å². The summed E-state index contributed by atoms with van der Waals surface area (Å²) in [5.74, 6) is 0.0296. The lowest BCUT2D eigenvalue weighted by atomic mass is 10.2. The van der Waals surface area contributed by atoms with Crippen molar-refractivity contribution < 1.29 is 14.3 Å². The summed E-state index contributed by atoms with van der Waals surface area (Å²) < 4.78 is 11.1. The summed E-state index contributed by atoms with van der Waals surface area (Å²) >= 11 is 1.59. The topological polar surface area (TPSA) is 47.6 Å². The van der Waals surface area contributed by atoms with Gasteiger partial charge >= 0.3 is 0 Å². The van der Waals surface area contributed by atoms with Gasteiger partial charge in [0.2, 0.25) is 0 Å². The van der Waals surface area contributed by atoms with E-state index in [4.69, 9.17) is 9.47 Å². The first-order valence-corrected chi connectivity index (χ1v) is 8.59.